The standard InChI is InChI=1S/CH3NO4S/c3-1(2-4)7(5)6/h4H,(H,2,3)(H,5,6). The molecule has 1 unspecified atom stereocenters. The average molecular weight is 125 g/mol. The van der Waals surface area contributed by atoms with Gasteiger partial charge in [-0.3, -0.25) is 14.6 Å². The van der Waals surface area contributed by atoms with E-state index in [0.29, 0.717) is 0 Å². The number of nitrogens with one attached hydrogen (secondary N) is 1. The summed E-state index contributed by atoms with van der Waals surface area (Å²) in [5.41, 5.74) is 0.975. The molecule has 0 aliphatic rings. The fourth-order valence-electron chi connectivity index (χ4n) is 0.0390. The lowest BCUT2D eigenvalue weighted by Gasteiger charge is -1.85. The van der Waals surface area contributed by atoms with E-state index in [-0.39, 0.29) is 0 Å². The minimum Gasteiger partial charge on any atom is -0.298 e. The lowest BCUT2D eigenvalue weighted by atomic mass is 11.4. The van der Waals surface area contributed by atoms with Crippen molar-refractivity contribution in [3.05, 3.63) is 0 Å². The van der Waals surface area contributed by atoms with E-state index >= 15 is 0 Å². The maximum Gasteiger partial charge on any atom is 0.359 e. The molecule has 0 fully saturated rings. The first-order valence-corrected chi connectivity index (χ1v) is 2.34. The van der Waals surface area contributed by atoms with Gasteiger partial charge < -0.3 is 0 Å². The Labute approximate surface area is 41.6 Å². The van der Waals surface area contributed by atoms with Gasteiger partial charge in [-0.05, 0) is 0 Å². The first kappa shape index (κ1) is 6.54. The number of rotatable bonds is 0. The van der Waals surface area contributed by atoms with Crippen LogP contribution in [0.3, 0.4) is 0 Å². The number of carbonyl (C=O) groups excluding carboxylic acids is 1. The molecule has 0 rings (SSSR count). The van der Waals surface area contributed by atoms with Gasteiger partial charge in [0.2, 0.25) is 11.1 Å². The summed E-state index contributed by atoms with van der Waals surface area (Å²) in [6.45, 7) is 0. The zero-order chi connectivity index (χ0) is 5.86. The van der Waals surface area contributed by atoms with Crippen molar-refractivity contribution >= 4 is 16.3 Å². The molecule has 0 heterocycles. The average Bonchev–Trinajstić information content (AvgIpc) is 1.65. The molecule has 42 valence electrons. The number of carbonyl (C=O) groups is 1. The van der Waals surface area contributed by atoms with Gasteiger partial charge >= 0.3 is 5.24 Å². The number of hydrogen-bond donors (Lipinski definition) is 3. The van der Waals surface area contributed by atoms with Crippen molar-refractivity contribution < 1.29 is 18.8 Å². The first-order chi connectivity index (χ1) is 3.18. The maximum absolute atomic E-state index is 9.60. The lowest BCUT2D eigenvalue weighted by molar-refractivity contribution is 0.178. The van der Waals surface area contributed by atoms with Gasteiger partial charge in [-0.2, -0.15) is 0 Å². The predicted octanol–water partition coefficient (Wildman–Crippen LogP) is -0.693. The summed E-state index contributed by atoms with van der Waals surface area (Å²) < 4.78 is 17.2. The summed E-state index contributed by atoms with van der Waals surface area (Å²) in [5.74, 6) is 0. The van der Waals surface area contributed by atoms with Crippen LogP contribution in [0.5, 0.6) is 0 Å². The van der Waals surface area contributed by atoms with Crippen molar-refractivity contribution in [3.63, 3.8) is 0 Å². The Morgan fingerprint density at radius 3 is 2.14 bits per heavy atom. The Morgan fingerprint density at radius 2 is 2.14 bits per heavy atom. The Balaban J connectivity index is 3.58. The van der Waals surface area contributed by atoms with Crippen LogP contribution in [0.25, 0.3) is 0 Å². The molecule has 0 aromatic rings. The van der Waals surface area contributed by atoms with Crippen LogP contribution in [-0.4, -0.2) is 19.2 Å². The highest BCUT2D eigenvalue weighted by Crippen LogP contribution is 1.70. The van der Waals surface area contributed by atoms with Gasteiger partial charge in [-0.1, -0.05) is 0 Å². The number of hydrogen-bond acceptors (Lipinski definition) is 3. The molecule has 0 aliphatic carbocycles. The third-order valence-corrected chi connectivity index (χ3v) is 0.658. The van der Waals surface area contributed by atoms with Crippen LogP contribution < -0.4 is 5.48 Å². The molecule has 1 atom stereocenters. The van der Waals surface area contributed by atoms with E-state index in [4.69, 9.17) is 9.76 Å². The highest BCUT2D eigenvalue weighted by molar-refractivity contribution is 7.95. The van der Waals surface area contributed by atoms with Crippen LogP contribution in [-0.2, 0) is 11.1 Å². The summed E-state index contributed by atoms with van der Waals surface area (Å²) in [7, 11) is 0. The molecule has 5 nitrogen and oxygen atoms in total. The molecule has 1 amide bonds. The van der Waals surface area contributed by atoms with Gasteiger partial charge in [0.15, 0.2) is 0 Å². The Bertz CT molecular complexity index is 99.9. The highest BCUT2D eigenvalue weighted by Gasteiger charge is 2.02. The van der Waals surface area contributed by atoms with E-state index in [1.165, 1.54) is 0 Å². The van der Waals surface area contributed by atoms with Crippen molar-refractivity contribution in [1.29, 1.82) is 0 Å². The zero-order valence-corrected chi connectivity index (χ0v) is 3.94. The van der Waals surface area contributed by atoms with Crippen molar-refractivity contribution in [3.8, 4) is 0 Å². The second kappa shape index (κ2) is 2.67. The highest BCUT2D eigenvalue weighted by atomic mass is 32.2. The third kappa shape index (κ3) is 2.26. The van der Waals surface area contributed by atoms with Gasteiger partial charge in [0.1, 0.15) is 0 Å². The second-order valence-corrected chi connectivity index (χ2v) is 1.52. The molecule has 0 aromatic heterocycles. The molecule has 6 heteroatoms. The summed E-state index contributed by atoms with van der Waals surface area (Å²) in [5, 5.41) is 6.23. The van der Waals surface area contributed by atoms with Crippen molar-refractivity contribution in [2.75, 3.05) is 0 Å². The predicted molar refractivity (Wildman–Crippen MR) is 21.1 cm³/mol. The molecular weight excluding hydrogens is 122 g/mol. The smallest absolute Gasteiger partial charge is 0.298 e. The molecule has 0 saturated carbocycles. The van der Waals surface area contributed by atoms with Crippen LogP contribution in [0, 0.1) is 0 Å². The van der Waals surface area contributed by atoms with E-state index in [0.717, 1.165) is 5.48 Å². The van der Waals surface area contributed by atoms with E-state index in [9.17, 15) is 9.00 Å². The zero-order valence-electron chi connectivity index (χ0n) is 3.12. The molecule has 0 spiro atoms. The molecule has 0 aromatic carbocycles. The molecule has 0 saturated heterocycles. The van der Waals surface area contributed by atoms with Crippen LogP contribution in [0.1, 0.15) is 0 Å². The van der Waals surface area contributed by atoms with Gasteiger partial charge in [-0.25, -0.2) is 9.69 Å². The van der Waals surface area contributed by atoms with Crippen LogP contribution in [0.4, 0.5) is 4.79 Å². The SMILES string of the molecule is O=C(NO)S(=O)O. The minimum atomic E-state index is -2.61. The monoisotopic (exact) mass is 125 g/mol. The Kier molecular flexibility index (Phi) is 2.49. The number of amides is 1. The van der Waals surface area contributed by atoms with Gasteiger partial charge in [0, 0.05) is 0 Å². The lowest BCUT2D eigenvalue weighted by Crippen LogP contribution is -2.20. The Hall–Kier alpha value is -0.460. The topological polar surface area (TPSA) is 86.6 Å². The van der Waals surface area contributed by atoms with Crippen LogP contribution >= 0.6 is 0 Å². The molecule has 0 radical (unpaired) electrons. The third-order valence-electron chi connectivity index (χ3n) is 0.250. The molecule has 3 N–H and O–H groups in total. The van der Waals surface area contributed by atoms with E-state index in [1.807, 2.05) is 0 Å². The van der Waals surface area contributed by atoms with E-state index in [1.54, 1.807) is 0 Å². The normalized spacial score (nSPS) is 12.9. The van der Waals surface area contributed by atoms with Crippen molar-refractivity contribution in [2.45, 2.75) is 0 Å². The van der Waals surface area contributed by atoms with Gasteiger partial charge in [0.05, 0.1) is 0 Å². The van der Waals surface area contributed by atoms with Crippen LogP contribution in [0.2, 0.25) is 0 Å². The molecular formula is CH3NO4S. The summed E-state index contributed by atoms with van der Waals surface area (Å²) in [6.07, 6.45) is 0. The fourth-order valence-corrected chi connectivity index (χ4v) is 0.117. The van der Waals surface area contributed by atoms with Crippen LogP contribution in [0.15, 0.2) is 0 Å². The molecule has 7 heavy (non-hydrogen) atoms. The molecule has 0 aliphatic heterocycles. The van der Waals surface area contributed by atoms with Crippen molar-refractivity contribution in [1.82, 2.24) is 5.48 Å². The minimum absolute atomic E-state index is 0.975. The quantitative estimate of drug-likeness (QED) is 0.227. The van der Waals surface area contributed by atoms with Gasteiger partial charge in [0.25, 0.3) is 0 Å². The van der Waals surface area contributed by atoms with E-state index in [2.05, 4.69) is 0 Å². The molecule has 0 bridgehead atoms. The Morgan fingerprint density at radius 1 is 1.71 bits per heavy atom. The van der Waals surface area contributed by atoms with Crippen molar-refractivity contribution in [2.24, 2.45) is 0 Å². The van der Waals surface area contributed by atoms with Gasteiger partial charge in [-0.15, -0.1) is 0 Å². The largest absolute Gasteiger partial charge is 0.359 e. The second-order valence-electron chi connectivity index (χ2n) is 0.648. The fraction of sp³-hybridized carbons (Fsp3) is 0. The number of hydroxylamine groups is 1. The summed E-state index contributed by atoms with van der Waals surface area (Å²) in [4.78, 5) is 9.60. The maximum atomic E-state index is 9.60. The summed E-state index contributed by atoms with van der Waals surface area (Å²) >= 11 is -2.61. The van der Waals surface area contributed by atoms with E-state index < -0.39 is 16.3 Å². The summed E-state index contributed by atoms with van der Waals surface area (Å²) in [6, 6.07) is 0. The first-order valence-electron chi connectivity index (χ1n) is 1.23.